The Labute approximate surface area is 234 Å². The van der Waals surface area contributed by atoms with Crippen molar-refractivity contribution in [2.75, 3.05) is 25.0 Å². The van der Waals surface area contributed by atoms with Gasteiger partial charge in [0.2, 0.25) is 5.88 Å². The van der Waals surface area contributed by atoms with Crippen LogP contribution in [0.1, 0.15) is 24.1 Å². The lowest BCUT2D eigenvalue weighted by Gasteiger charge is -2.18. The number of hydrogen-bond acceptors (Lipinski definition) is 9. The molecule has 39 heavy (non-hydrogen) atoms. The van der Waals surface area contributed by atoms with Crippen molar-refractivity contribution in [2.45, 2.75) is 31.4 Å². The summed E-state index contributed by atoms with van der Waals surface area (Å²) in [6, 6.07) is 12.8. The molecule has 0 unspecified atom stereocenters. The lowest BCUT2D eigenvalue weighted by molar-refractivity contribution is 0.0763. The predicted octanol–water partition coefficient (Wildman–Crippen LogP) is 5.59. The van der Waals surface area contributed by atoms with Crippen molar-refractivity contribution in [2.24, 2.45) is 0 Å². The quantitative estimate of drug-likeness (QED) is 0.305. The Hall–Kier alpha value is -3.91. The summed E-state index contributed by atoms with van der Waals surface area (Å²) >= 11 is 7.98. The van der Waals surface area contributed by atoms with Crippen LogP contribution < -0.4 is 15.4 Å². The normalized spacial score (nSPS) is 18.5. The Bertz CT molecular complexity index is 1550. The van der Waals surface area contributed by atoms with E-state index in [0.717, 1.165) is 46.7 Å². The van der Waals surface area contributed by atoms with Gasteiger partial charge in [0.15, 0.2) is 5.82 Å². The van der Waals surface area contributed by atoms with Gasteiger partial charge in [-0.05, 0) is 43.2 Å². The number of carbonyl (C=O) groups is 1. The molecule has 6 rings (SSSR count). The first-order valence-corrected chi connectivity index (χ1v) is 13.9. The van der Waals surface area contributed by atoms with Crippen molar-refractivity contribution in [3.63, 3.8) is 0 Å². The summed E-state index contributed by atoms with van der Waals surface area (Å²) in [6.07, 6.45) is 5.57. The molecule has 0 saturated carbocycles. The zero-order valence-corrected chi connectivity index (χ0v) is 22.5. The van der Waals surface area contributed by atoms with Crippen molar-refractivity contribution >= 4 is 50.8 Å². The molecule has 1 aromatic carbocycles. The van der Waals surface area contributed by atoms with Crippen LogP contribution in [0.25, 0.3) is 10.2 Å². The van der Waals surface area contributed by atoms with Crippen LogP contribution in [0.2, 0.25) is 5.02 Å². The highest BCUT2D eigenvalue weighted by Crippen LogP contribution is 2.34. The van der Waals surface area contributed by atoms with E-state index in [2.05, 4.69) is 37.4 Å². The van der Waals surface area contributed by atoms with Crippen LogP contribution in [-0.4, -0.2) is 57.7 Å². The minimum atomic E-state index is -0.215. The maximum Gasteiger partial charge on any atom is 0.410 e. The van der Waals surface area contributed by atoms with Crippen LogP contribution in [0.5, 0.6) is 11.6 Å². The Morgan fingerprint density at radius 2 is 2.05 bits per heavy atom. The fourth-order valence-electron chi connectivity index (χ4n) is 4.50. The van der Waals surface area contributed by atoms with E-state index >= 15 is 0 Å². The lowest BCUT2D eigenvalue weighted by Crippen LogP contribution is -2.32. The number of thiophene rings is 1. The molecule has 0 spiro atoms. The molecular weight excluding hydrogens is 536 g/mol. The van der Waals surface area contributed by atoms with Crippen molar-refractivity contribution in [1.82, 2.24) is 25.2 Å². The largest absolute Gasteiger partial charge is 0.445 e. The van der Waals surface area contributed by atoms with E-state index in [0.29, 0.717) is 35.4 Å². The van der Waals surface area contributed by atoms with Crippen molar-refractivity contribution < 1.29 is 14.3 Å². The number of nitrogens with zero attached hydrogens (tertiary/aromatic N) is 4. The van der Waals surface area contributed by atoms with Crippen LogP contribution in [0, 0.1) is 11.8 Å². The fraction of sp³-hybridized carbons (Fsp3) is 0.286. The number of fused-ring (bicyclic) bond motifs is 1. The first-order valence-electron chi connectivity index (χ1n) is 12.7. The van der Waals surface area contributed by atoms with Crippen LogP contribution in [-0.2, 0) is 4.74 Å². The Kier molecular flexibility index (Phi) is 7.45. The van der Waals surface area contributed by atoms with E-state index in [4.69, 9.17) is 21.1 Å². The summed E-state index contributed by atoms with van der Waals surface area (Å²) in [7, 11) is 0. The number of ether oxygens (including phenoxy) is 2. The van der Waals surface area contributed by atoms with E-state index < -0.39 is 0 Å². The van der Waals surface area contributed by atoms with Gasteiger partial charge in [0.1, 0.15) is 18.2 Å². The van der Waals surface area contributed by atoms with Crippen molar-refractivity contribution in [3.8, 4) is 23.5 Å². The molecule has 1 amide bonds. The third-order valence-electron chi connectivity index (χ3n) is 6.45. The average molecular weight is 561 g/mol. The van der Waals surface area contributed by atoms with E-state index in [1.807, 2.05) is 24.3 Å². The minimum absolute atomic E-state index is 0.0377. The minimum Gasteiger partial charge on any atom is -0.445 e. The van der Waals surface area contributed by atoms with Crippen LogP contribution >= 0.6 is 22.9 Å². The van der Waals surface area contributed by atoms with Crippen molar-refractivity contribution in [1.29, 1.82) is 0 Å². The van der Waals surface area contributed by atoms with Gasteiger partial charge in [0, 0.05) is 44.0 Å². The molecule has 2 saturated heterocycles. The second-order valence-electron chi connectivity index (χ2n) is 9.25. The Morgan fingerprint density at radius 1 is 1.15 bits per heavy atom. The molecule has 5 heterocycles. The summed E-state index contributed by atoms with van der Waals surface area (Å²) < 4.78 is 12.3. The molecule has 198 valence electrons. The van der Waals surface area contributed by atoms with Crippen LogP contribution in [0.15, 0.2) is 55.0 Å². The third-order valence-corrected chi connectivity index (χ3v) is 7.79. The first kappa shape index (κ1) is 25.4. The number of pyridine rings is 1. The Balaban J connectivity index is 1.11. The summed E-state index contributed by atoms with van der Waals surface area (Å²) in [5.41, 5.74) is 1.57. The number of amides is 1. The number of likely N-dealkylation sites (tertiary alicyclic amines) is 1. The number of carbonyl (C=O) groups excluding carboxylic acids is 1. The maximum atomic E-state index is 12.3. The van der Waals surface area contributed by atoms with E-state index in [1.54, 1.807) is 29.3 Å². The highest BCUT2D eigenvalue weighted by atomic mass is 35.5. The van der Waals surface area contributed by atoms with Gasteiger partial charge in [-0.2, -0.15) is 0 Å². The summed E-state index contributed by atoms with van der Waals surface area (Å²) in [5, 5.41) is 7.12. The topological polar surface area (TPSA) is 102 Å². The number of halogens is 1. The second kappa shape index (κ2) is 11.5. The van der Waals surface area contributed by atoms with Gasteiger partial charge < -0.3 is 19.7 Å². The molecule has 9 nitrogen and oxygen atoms in total. The van der Waals surface area contributed by atoms with Gasteiger partial charge in [0.05, 0.1) is 26.2 Å². The van der Waals surface area contributed by atoms with Crippen LogP contribution in [0.3, 0.4) is 0 Å². The Morgan fingerprint density at radius 3 is 2.87 bits per heavy atom. The number of nitrogens with one attached hydrogen (secondary N) is 2. The molecule has 4 aromatic rings. The molecule has 2 aliphatic heterocycles. The highest BCUT2D eigenvalue weighted by molar-refractivity contribution is 7.20. The summed E-state index contributed by atoms with van der Waals surface area (Å²) in [4.78, 5) is 27.9. The molecule has 11 heteroatoms. The van der Waals surface area contributed by atoms with Gasteiger partial charge in [0.25, 0.3) is 0 Å². The highest BCUT2D eigenvalue weighted by Gasteiger charge is 2.28. The lowest BCUT2D eigenvalue weighted by atomic mass is 10.2. The number of aromatic nitrogens is 3. The third kappa shape index (κ3) is 6.06. The van der Waals surface area contributed by atoms with Gasteiger partial charge in [-0.3, -0.25) is 5.32 Å². The van der Waals surface area contributed by atoms with E-state index in [-0.39, 0.29) is 18.2 Å². The predicted molar refractivity (Wildman–Crippen MR) is 151 cm³/mol. The fourth-order valence-corrected chi connectivity index (χ4v) is 5.64. The monoisotopic (exact) mass is 560 g/mol. The molecule has 0 radical (unpaired) electrons. The number of rotatable bonds is 5. The smallest absolute Gasteiger partial charge is 0.410 e. The van der Waals surface area contributed by atoms with E-state index in [1.165, 1.54) is 17.7 Å². The molecule has 2 aliphatic rings. The van der Waals surface area contributed by atoms with E-state index in [9.17, 15) is 4.79 Å². The second-order valence-corrected chi connectivity index (χ2v) is 10.7. The number of benzene rings is 1. The molecule has 2 fully saturated rings. The average Bonchev–Trinajstić information content (AvgIpc) is 3.71. The molecule has 0 bridgehead atoms. The molecule has 3 aromatic heterocycles. The number of anilines is 2. The number of hydrogen-bond donors (Lipinski definition) is 2. The molecule has 0 aliphatic carbocycles. The van der Waals surface area contributed by atoms with Crippen LogP contribution in [0.4, 0.5) is 16.3 Å². The molecule has 2 atom stereocenters. The first-order chi connectivity index (χ1) is 19.1. The summed E-state index contributed by atoms with van der Waals surface area (Å²) in [6.45, 7) is 2.18. The van der Waals surface area contributed by atoms with Gasteiger partial charge in [-0.15, -0.1) is 11.3 Å². The molecular formula is C28H25ClN6O3S. The maximum absolute atomic E-state index is 12.3. The zero-order chi connectivity index (χ0) is 26.6. The molecule has 2 N–H and O–H groups in total. The summed E-state index contributed by atoms with van der Waals surface area (Å²) in [5.74, 6) is 8.17. The van der Waals surface area contributed by atoms with Crippen molar-refractivity contribution in [3.05, 3.63) is 64.9 Å². The standard InChI is InChI=1S/C28H25ClN6O3S/c29-22-14-19(7-9-24(22)38-25-5-1-2-10-30-25)34-27-26-23(32-17-33-27)15-21(39-26)8-6-18-13-20(16-31-18)37-28(36)35-11-3-4-12-35/h1-2,5,7,9-10,14-15,17-18,20,31H,3-4,11-13,16H2,(H,32,33,34)/t18-,20+/m0/s1. The van der Waals surface area contributed by atoms with Gasteiger partial charge in [-0.1, -0.05) is 29.5 Å². The van der Waals surface area contributed by atoms with Gasteiger partial charge >= 0.3 is 6.09 Å². The SMILES string of the molecule is O=C(O[C@H]1CN[C@@H](C#Cc2cc3ncnc(Nc4ccc(Oc5ccccn5)c(Cl)c4)c3s2)C1)N1CCCC1. The van der Waals surface area contributed by atoms with Gasteiger partial charge in [-0.25, -0.2) is 19.7 Å². The zero-order valence-electron chi connectivity index (χ0n) is 20.9.